The van der Waals surface area contributed by atoms with Gasteiger partial charge in [0.05, 0.1) is 6.10 Å². The molecule has 0 aromatic carbocycles. The van der Waals surface area contributed by atoms with Crippen molar-refractivity contribution in [2.45, 2.75) is 26.6 Å². The SMILES string of the molecule is CC(C)OCc1nc(Cl)c(F)c(Cl)n1. The van der Waals surface area contributed by atoms with Crippen LogP contribution in [0.2, 0.25) is 10.3 Å². The smallest absolute Gasteiger partial charge is 0.197 e. The van der Waals surface area contributed by atoms with E-state index >= 15 is 0 Å². The molecule has 0 saturated carbocycles. The van der Waals surface area contributed by atoms with Gasteiger partial charge < -0.3 is 4.74 Å². The molecule has 3 nitrogen and oxygen atoms in total. The van der Waals surface area contributed by atoms with Crippen molar-refractivity contribution in [1.82, 2.24) is 9.97 Å². The highest BCUT2D eigenvalue weighted by Gasteiger charge is 2.11. The van der Waals surface area contributed by atoms with Gasteiger partial charge in [-0.05, 0) is 13.8 Å². The molecule has 0 amide bonds. The summed E-state index contributed by atoms with van der Waals surface area (Å²) in [5.74, 6) is -0.531. The maximum absolute atomic E-state index is 12.9. The molecular weight excluding hydrogens is 230 g/mol. The number of rotatable bonds is 3. The summed E-state index contributed by atoms with van der Waals surface area (Å²) in [5, 5.41) is -0.570. The van der Waals surface area contributed by atoms with Crippen LogP contribution < -0.4 is 0 Å². The van der Waals surface area contributed by atoms with Crippen LogP contribution in [0.15, 0.2) is 0 Å². The van der Waals surface area contributed by atoms with E-state index in [0.717, 1.165) is 0 Å². The molecule has 0 unspecified atom stereocenters. The highest BCUT2D eigenvalue weighted by atomic mass is 35.5. The topological polar surface area (TPSA) is 35.0 Å². The zero-order chi connectivity index (χ0) is 10.7. The van der Waals surface area contributed by atoms with Crippen LogP contribution >= 0.6 is 23.2 Å². The maximum Gasteiger partial charge on any atom is 0.197 e. The van der Waals surface area contributed by atoms with Gasteiger partial charge in [-0.3, -0.25) is 0 Å². The molecule has 78 valence electrons. The normalized spacial score (nSPS) is 11.0. The minimum atomic E-state index is -0.804. The third-order valence-electron chi connectivity index (χ3n) is 1.36. The Hall–Kier alpha value is -0.450. The third-order valence-corrected chi connectivity index (χ3v) is 1.86. The van der Waals surface area contributed by atoms with E-state index in [1.54, 1.807) is 0 Å². The number of nitrogens with zero attached hydrogens (tertiary/aromatic N) is 2. The Morgan fingerprint density at radius 2 is 1.79 bits per heavy atom. The van der Waals surface area contributed by atoms with Crippen molar-refractivity contribution < 1.29 is 9.13 Å². The molecule has 0 aliphatic heterocycles. The molecule has 1 aromatic rings. The monoisotopic (exact) mass is 238 g/mol. The number of halogens is 3. The lowest BCUT2D eigenvalue weighted by Gasteiger charge is -2.06. The Bertz CT molecular complexity index is 310. The van der Waals surface area contributed by atoms with Gasteiger partial charge in [0.2, 0.25) is 0 Å². The third kappa shape index (κ3) is 3.04. The summed E-state index contributed by atoms with van der Waals surface area (Å²) in [5.41, 5.74) is 0. The quantitative estimate of drug-likeness (QED) is 0.760. The van der Waals surface area contributed by atoms with Gasteiger partial charge in [-0.15, -0.1) is 0 Å². The molecule has 1 heterocycles. The standard InChI is InChI=1S/C8H9Cl2FN2O/c1-4(2)14-3-5-12-7(9)6(11)8(10)13-5/h4H,3H2,1-2H3. The lowest BCUT2D eigenvalue weighted by Crippen LogP contribution is -2.06. The van der Waals surface area contributed by atoms with Gasteiger partial charge in [0.1, 0.15) is 6.61 Å². The summed E-state index contributed by atoms with van der Waals surface area (Å²) >= 11 is 10.9. The highest BCUT2D eigenvalue weighted by molar-refractivity contribution is 6.33. The van der Waals surface area contributed by atoms with Crippen molar-refractivity contribution in [2.75, 3.05) is 0 Å². The van der Waals surface area contributed by atoms with Gasteiger partial charge in [0.25, 0.3) is 0 Å². The molecule has 0 aliphatic rings. The Labute approximate surface area is 91.2 Å². The van der Waals surface area contributed by atoms with Crippen molar-refractivity contribution >= 4 is 23.2 Å². The van der Waals surface area contributed by atoms with Crippen LogP contribution in [-0.2, 0) is 11.3 Å². The van der Waals surface area contributed by atoms with Crippen molar-refractivity contribution in [3.8, 4) is 0 Å². The Balaban J connectivity index is 2.79. The molecule has 0 radical (unpaired) electrons. The largest absolute Gasteiger partial charge is 0.371 e. The first-order chi connectivity index (χ1) is 6.50. The van der Waals surface area contributed by atoms with Crippen molar-refractivity contribution in [1.29, 1.82) is 0 Å². The van der Waals surface area contributed by atoms with E-state index in [-0.39, 0.29) is 28.8 Å². The second kappa shape index (κ2) is 4.87. The number of aromatic nitrogens is 2. The van der Waals surface area contributed by atoms with E-state index in [0.29, 0.717) is 0 Å². The fourth-order valence-corrected chi connectivity index (χ4v) is 1.16. The first-order valence-electron chi connectivity index (χ1n) is 3.99. The Kier molecular flexibility index (Phi) is 4.04. The van der Waals surface area contributed by atoms with Crippen LogP contribution in [0.5, 0.6) is 0 Å². The first-order valence-corrected chi connectivity index (χ1v) is 4.75. The summed E-state index contributed by atoms with van der Waals surface area (Å²) in [6.45, 7) is 3.90. The highest BCUT2D eigenvalue weighted by Crippen LogP contribution is 2.18. The van der Waals surface area contributed by atoms with Gasteiger partial charge in [0.15, 0.2) is 21.9 Å². The summed E-state index contributed by atoms with van der Waals surface area (Å²) in [7, 11) is 0. The van der Waals surface area contributed by atoms with Crippen LogP contribution in [0.3, 0.4) is 0 Å². The minimum Gasteiger partial charge on any atom is -0.371 e. The van der Waals surface area contributed by atoms with E-state index in [4.69, 9.17) is 27.9 Å². The lowest BCUT2D eigenvalue weighted by molar-refractivity contribution is 0.0612. The second-order valence-electron chi connectivity index (χ2n) is 2.90. The number of ether oxygens (including phenoxy) is 1. The summed E-state index contributed by atoms with van der Waals surface area (Å²) in [4.78, 5) is 7.35. The number of hydrogen-bond donors (Lipinski definition) is 0. The summed E-state index contributed by atoms with van der Waals surface area (Å²) in [6, 6.07) is 0. The number of hydrogen-bond acceptors (Lipinski definition) is 3. The van der Waals surface area contributed by atoms with E-state index in [9.17, 15) is 4.39 Å². The molecule has 1 rings (SSSR count). The fraction of sp³-hybridized carbons (Fsp3) is 0.500. The van der Waals surface area contributed by atoms with E-state index in [1.807, 2.05) is 13.8 Å². The molecule has 0 fully saturated rings. The second-order valence-corrected chi connectivity index (χ2v) is 3.61. The van der Waals surface area contributed by atoms with Gasteiger partial charge in [-0.2, -0.15) is 0 Å². The zero-order valence-corrected chi connectivity index (χ0v) is 9.23. The molecule has 0 aliphatic carbocycles. The van der Waals surface area contributed by atoms with Gasteiger partial charge in [-0.1, -0.05) is 23.2 Å². The molecule has 0 saturated heterocycles. The predicted molar refractivity (Wildman–Crippen MR) is 51.9 cm³/mol. The van der Waals surface area contributed by atoms with Crippen LogP contribution in [0.4, 0.5) is 4.39 Å². The molecule has 0 bridgehead atoms. The average molecular weight is 239 g/mol. The van der Waals surface area contributed by atoms with E-state index < -0.39 is 5.82 Å². The zero-order valence-electron chi connectivity index (χ0n) is 7.72. The predicted octanol–water partition coefficient (Wildman–Crippen LogP) is 2.85. The molecule has 1 aromatic heterocycles. The average Bonchev–Trinajstić information content (AvgIpc) is 2.10. The van der Waals surface area contributed by atoms with Gasteiger partial charge >= 0.3 is 0 Å². The lowest BCUT2D eigenvalue weighted by atomic mass is 10.5. The summed E-state index contributed by atoms with van der Waals surface area (Å²) < 4.78 is 18.1. The fourth-order valence-electron chi connectivity index (χ4n) is 0.741. The van der Waals surface area contributed by atoms with Crippen LogP contribution in [0.25, 0.3) is 0 Å². The van der Waals surface area contributed by atoms with E-state index in [2.05, 4.69) is 9.97 Å². The van der Waals surface area contributed by atoms with Crippen molar-refractivity contribution in [3.05, 3.63) is 21.9 Å². The molecular formula is C8H9Cl2FN2O. The Morgan fingerprint density at radius 3 is 2.21 bits per heavy atom. The molecule has 14 heavy (non-hydrogen) atoms. The molecule has 6 heteroatoms. The van der Waals surface area contributed by atoms with Gasteiger partial charge in [-0.25, -0.2) is 14.4 Å². The first kappa shape index (κ1) is 11.6. The van der Waals surface area contributed by atoms with Crippen molar-refractivity contribution in [3.63, 3.8) is 0 Å². The maximum atomic E-state index is 12.9. The van der Waals surface area contributed by atoms with E-state index in [1.165, 1.54) is 0 Å². The van der Waals surface area contributed by atoms with Crippen LogP contribution in [0.1, 0.15) is 19.7 Å². The molecule has 0 spiro atoms. The molecule has 0 N–H and O–H groups in total. The summed E-state index contributed by atoms with van der Waals surface area (Å²) in [6.07, 6.45) is 0.0428. The van der Waals surface area contributed by atoms with Crippen LogP contribution in [-0.4, -0.2) is 16.1 Å². The van der Waals surface area contributed by atoms with Crippen LogP contribution in [0, 0.1) is 5.82 Å². The van der Waals surface area contributed by atoms with Crippen molar-refractivity contribution in [2.24, 2.45) is 0 Å². The van der Waals surface area contributed by atoms with Gasteiger partial charge in [0, 0.05) is 0 Å². The minimum absolute atomic E-state index is 0.0428. The molecule has 0 atom stereocenters. The Morgan fingerprint density at radius 1 is 1.29 bits per heavy atom.